The number of imide groups is 1. The summed E-state index contributed by atoms with van der Waals surface area (Å²) in [5.74, 6) is 5.29. The summed E-state index contributed by atoms with van der Waals surface area (Å²) in [6, 6.07) is 9.61. The minimum absolute atomic E-state index is 0.0591. The number of nitrogens with zero attached hydrogens (tertiary/aromatic N) is 1. The van der Waals surface area contributed by atoms with Crippen LogP contribution in [0.1, 0.15) is 21.5 Å². The number of halogens is 1. The van der Waals surface area contributed by atoms with Crippen LogP contribution in [-0.4, -0.2) is 42.9 Å². The minimum Gasteiger partial charge on any atom is -0.497 e. The van der Waals surface area contributed by atoms with Crippen molar-refractivity contribution in [2.45, 2.75) is 12.6 Å². The second-order valence-corrected chi connectivity index (χ2v) is 6.25. The van der Waals surface area contributed by atoms with E-state index in [2.05, 4.69) is 17.2 Å². The largest absolute Gasteiger partial charge is 0.497 e. The average molecular weight is 395 g/mol. The summed E-state index contributed by atoms with van der Waals surface area (Å²) >= 11 is 0. The molecule has 8 heteroatoms. The molecule has 4 amide bonds. The summed E-state index contributed by atoms with van der Waals surface area (Å²) in [5.41, 5.74) is 1.51. The molecule has 29 heavy (non-hydrogen) atoms. The molecule has 3 rings (SSSR count). The van der Waals surface area contributed by atoms with E-state index < -0.39 is 17.9 Å². The van der Waals surface area contributed by atoms with Crippen molar-refractivity contribution in [2.24, 2.45) is 0 Å². The minimum atomic E-state index is -0.824. The fraction of sp³-hybridized carbons (Fsp3) is 0.190. The Balaban J connectivity index is 1.80. The molecule has 0 radical (unpaired) electrons. The highest BCUT2D eigenvalue weighted by atomic mass is 19.1. The fourth-order valence-electron chi connectivity index (χ4n) is 2.94. The lowest BCUT2D eigenvalue weighted by molar-refractivity contribution is -0.108. The van der Waals surface area contributed by atoms with E-state index in [0.29, 0.717) is 17.9 Å². The molecule has 1 heterocycles. The van der Waals surface area contributed by atoms with Crippen molar-refractivity contribution in [1.82, 2.24) is 15.5 Å². The van der Waals surface area contributed by atoms with Gasteiger partial charge in [0.15, 0.2) is 0 Å². The number of nitrogens with one attached hydrogen (secondary N) is 2. The van der Waals surface area contributed by atoms with Gasteiger partial charge in [-0.3, -0.25) is 14.9 Å². The van der Waals surface area contributed by atoms with Crippen LogP contribution in [0.15, 0.2) is 42.5 Å². The van der Waals surface area contributed by atoms with Crippen LogP contribution in [0.2, 0.25) is 0 Å². The number of fused-ring (bicyclic) bond motifs is 1. The van der Waals surface area contributed by atoms with Crippen molar-refractivity contribution in [1.29, 1.82) is 0 Å². The van der Waals surface area contributed by atoms with Gasteiger partial charge in [-0.15, -0.1) is 0 Å². The lowest BCUT2D eigenvalue weighted by Gasteiger charge is -2.21. The summed E-state index contributed by atoms with van der Waals surface area (Å²) in [5, 5.41) is 4.47. The van der Waals surface area contributed by atoms with Gasteiger partial charge >= 0.3 is 6.03 Å². The SMILES string of the molecule is COc1ccc2c(c1)C(=O)N(CC(C#Cc1ccccc1F)NC(=O)NC=O)C2. The van der Waals surface area contributed by atoms with Crippen molar-refractivity contribution in [3.63, 3.8) is 0 Å². The van der Waals surface area contributed by atoms with E-state index in [1.54, 1.807) is 30.3 Å². The quantitative estimate of drug-likeness (QED) is 0.596. The summed E-state index contributed by atoms with van der Waals surface area (Å²) in [6.07, 6.45) is 0.236. The fourth-order valence-corrected chi connectivity index (χ4v) is 2.94. The van der Waals surface area contributed by atoms with Gasteiger partial charge in [-0.1, -0.05) is 30.0 Å². The molecule has 1 atom stereocenters. The number of rotatable bonds is 5. The lowest BCUT2D eigenvalue weighted by atomic mass is 10.1. The van der Waals surface area contributed by atoms with Crippen LogP contribution in [0, 0.1) is 17.7 Å². The van der Waals surface area contributed by atoms with E-state index in [0.717, 1.165) is 5.56 Å². The number of methoxy groups -OCH3 is 1. The lowest BCUT2D eigenvalue weighted by Crippen LogP contribution is -2.46. The Labute approximate surface area is 166 Å². The summed E-state index contributed by atoms with van der Waals surface area (Å²) in [6.45, 7) is 0.399. The number of amides is 4. The highest BCUT2D eigenvalue weighted by Gasteiger charge is 2.29. The van der Waals surface area contributed by atoms with Crippen LogP contribution in [0.3, 0.4) is 0 Å². The van der Waals surface area contributed by atoms with Crippen LogP contribution in [0.25, 0.3) is 0 Å². The first-order chi connectivity index (χ1) is 14.0. The molecule has 1 aliphatic rings. The van der Waals surface area contributed by atoms with E-state index in [1.165, 1.54) is 24.1 Å². The molecule has 2 aromatic rings. The number of carbonyl (C=O) groups excluding carboxylic acids is 3. The third-order valence-corrected chi connectivity index (χ3v) is 4.35. The van der Waals surface area contributed by atoms with Gasteiger partial charge < -0.3 is 15.0 Å². The summed E-state index contributed by atoms with van der Waals surface area (Å²) in [4.78, 5) is 36.5. The van der Waals surface area contributed by atoms with Crippen molar-refractivity contribution in [2.75, 3.05) is 13.7 Å². The van der Waals surface area contributed by atoms with E-state index >= 15 is 0 Å². The Morgan fingerprint density at radius 1 is 1.34 bits per heavy atom. The smallest absolute Gasteiger partial charge is 0.322 e. The zero-order valence-electron chi connectivity index (χ0n) is 15.6. The Kier molecular flexibility index (Phi) is 6.09. The molecule has 1 unspecified atom stereocenters. The maximum Gasteiger partial charge on any atom is 0.322 e. The normalized spacial score (nSPS) is 13.0. The van der Waals surface area contributed by atoms with Crippen molar-refractivity contribution < 1.29 is 23.5 Å². The molecule has 0 bridgehead atoms. The molecule has 0 saturated heterocycles. The second-order valence-electron chi connectivity index (χ2n) is 6.25. The number of hydrogen-bond acceptors (Lipinski definition) is 4. The first-order valence-electron chi connectivity index (χ1n) is 8.74. The second kappa shape index (κ2) is 8.89. The van der Waals surface area contributed by atoms with Gasteiger partial charge in [0.05, 0.1) is 19.2 Å². The highest BCUT2D eigenvalue weighted by molar-refractivity contribution is 5.98. The molecule has 1 aliphatic heterocycles. The molecule has 0 spiro atoms. The number of ether oxygens (including phenoxy) is 1. The zero-order chi connectivity index (χ0) is 20.8. The Morgan fingerprint density at radius 3 is 2.86 bits per heavy atom. The maximum absolute atomic E-state index is 13.8. The van der Waals surface area contributed by atoms with Crippen molar-refractivity contribution in [3.8, 4) is 17.6 Å². The predicted octanol–water partition coefficient (Wildman–Crippen LogP) is 1.67. The first-order valence-corrected chi connectivity index (χ1v) is 8.74. The number of carbonyl (C=O) groups is 3. The van der Waals surface area contributed by atoms with Gasteiger partial charge in [0.2, 0.25) is 6.41 Å². The third kappa shape index (κ3) is 4.71. The molecular weight excluding hydrogens is 377 g/mol. The highest BCUT2D eigenvalue weighted by Crippen LogP contribution is 2.26. The topological polar surface area (TPSA) is 87.7 Å². The molecule has 148 valence electrons. The number of benzene rings is 2. The third-order valence-electron chi connectivity index (χ3n) is 4.35. The molecule has 0 aromatic heterocycles. The van der Waals surface area contributed by atoms with Crippen LogP contribution < -0.4 is 15.4 Å². The van der Waals surface area contributed by atoms with E-state index in [1.807, 2.05) is 5.32 Å². The molecule has 2 aromatic carbocycles. The zero-order valence-corrected chi connectivity index (χ0v) is 15.6. The molecule has 0 saturated carbocycles. The Morgan fingerprint density at radius 2 is 2.14 bits per heavy atom. The van der Waals surface area contributed by atoms with E-state index in [9.17, 15) is 18.8 Å². The van der Waals surface area contributed by atoms with E-state index in [4.69, 9.17) is 4.74 Å². The molecule has 0 fully saturated rings. The van der Waals surface area contributed by atoms with Gasteiger partial charge in [0, 0.05) is 12.1 Å². The maximum atomic E-state index is 13.8. The number of urea groups is 1. The molecular formula is C21H18FN3O4. The summed E-state index contributed by atoms with van der Waals surface area (Å²) in [7, 11) is 1.52. The monoisotopic (exact) mass is 395 g/mol. The van der Waals surface area contributed by atoms with Gasteiger partial charge in [-0.05, 0) is 29.8 Å². The van der Waals surface area contributed by atoms with E-state index in [-0.39, 0.29) is 24.4 Å². The van der Waals surface area contributed by atoms with Gasteiger partial charge in [-0.25, -0.2) is 9.18 Å². The molecule has 2 N–H and O–H groups in total. The number of hydrogen-bond donors (Lipinski definition) is 2. The van der Waals surface area contributed by atoms with Gasteiger partial charge in [0.1, 0.15) is 17.6 Å². The van der Waals surface area contributed by atoms with Crippen LogP contribution in [0.5, 0.6) is 5.75 Å². The van der Waals surface area contributed by atoms with Gasteiger partial charge in [-0.2, -0.15) is 0 Å². The van der Waals surface area contributed by atoms with Crippen molar-refractivity contribution >= 4 is 18.3 Å². The standard InChI is InChI=1S/C21H18FN3O4/c1-29-17-9-7-15-11-25(20(27)18(15)10-17)12-16(24-21(28)23-13-26)8-6-14-4-2-3-5-19(14)22/h2-5,7,9-10,13,16H,11-12H2,1H3,(H2,23,24,26,28). The van der Waals surface area contributed by atoms with Gasteiger partial charge in [0.25, 0.3) is 5.91 Å². The first kappa shape index (κ1) is 19.9. The van der Waals surface area contributed by atoms with Crippen LogP contribution in [-0.2, 0) is 11.3 Å². The summed E-state index contributed by atoms with van der Waals surface area (Å²) < 4.78 is 19.0. The van der Waals surface area contributed by atoms with Crippen LogP contribution in [0.4, 0.5) is 9.18 Å². The Bertz CT molecular complexity index is 1010. The van der Waals surface area contributed by atoms with Crippen molar-refractivity contribution in [3.05, 3.63) is 65.0 Å². The molecule has 0 aliphatic carbocycles. The Hall–Kier alpha value is -3.86. The van der Waals surface area contributed by atoms with Crippen LogP contribution >= 0.6 is 0 Å². The molecule has 7 nitrogen and oxygen atoms in total. The predicted molar refractivity (Wildman–Crippen MR) is 103 cm³/mol. The average Bonchev–Trinajstić information content (AvgIpc) is 3.02.